The predicted molar refractivity (Wildman–Crippen MR) is 78.1 cm³/mol. The maximum absolute atomic E-state index is 11.8. The maximum atomic E-state index is 11.8. The van der Waals surface area contributed by atoms with Gasteiger partial charge in [0.1, 0.15) is 0 Å². The lowest BCUT2D eigenvalue weighted by Gasteiger charge is -2.14. The Morgan fingerprint density at radius 3 is 2.76 bits per heavy atom. The number of benzene rings is 1. The molecule has 0 spiro atoms. The van der Waals surface area contributed by atoms with Crippen LogP contribution in [0.15, 0.2) is 36.0 Å². The van der Waals surface area contributed by atoms with E-state index in [1.54, 1.807) is 30.5 Å². The van der Waals surface area contributed by atoms with E-state index in [4.69, 9.17) is 4.74 Å². The smallest absolute Gasteiger partial charge is 0.337 e. The number of hydrogen-bond donors (Lipinski definition) is 2. The molecule has 0 unspecified atom stereocenters. The Bertz CT molecular complexity index is 546. The molecule has 1 aliphatic rings. The number of carbonyl (C=O) groups is 2. The summed E-state index contributed by atoms with van der Waals surface area (Å²) in [6.07, 6.45) is 3.37. The molecule has 6 nitrogen and oxygen atoms in total. The zero-order valence-corrected chi connectivity index (χ0v) is 11.8. The quantitative estimate of drug-likeness (QED) is 0.837. The fourth-order valence-electron chi connectivity index (χ4n) is 1.95. The molecule has 1 fully saturated rings. The number of anilines is 1. The largest absolute Gasteiger partial charge is 0.465 e. The van der Waals surface area contributed by atoms with Crippen molar-refractivity contribution in [2.24, 2.45) is 0 Å². The molecule has 0 aliphatic carbocycles. The SMILES string of the molecule is COC(=O)c1cccc(NC(=O)NC=C2CCOCC2)c1. The summed E-state index contributed by atoms with van der Waals surface area (Å²) >= 11 is 0. The van der Waals surface area contributed by atoms with E-state index in [0.29, 0.717) is 24.5 Å². The highest BCUT2D eigenvalue weighted by Crippen LogP contribution is 2.13. The molecule has 1 saturated heterocycles. The molecule has 0 bridgehead atoms. The van der Waals surface area contributed by atoms with E-state index in [9.17, 15) is 9.59 Å². The Balaban J connectivity index is 1.91. The van der Waals surface area contributed by atoms with E-state index in [2.05, 4.69) is 15.4 Å². The fourth-order valence-corrected chi connectivity index (χ4v) is 1.95. The van der Waals surface area contributed by atoms with Gasteiger partial charge in [-0.05, 0) is 36.6 Å². The minimum absolute atomic E-state index is 0.351. The van der Waals surface area contributed by atoms with Gasteiger partial charge in [0.2, 0.25) is 0 Å². The second-order valence-electron chi connectivity index (χ2n) is 4.59. The van der Waals surface area contributed by atoms with E-state index < -0.39 is 5.97 Å². The lowest BCUT2D eigenvalue weighted by atomic mass is 10.1. The molecule has 0 aromatic heterocycles. The van der Waals surface area contributed by atoms with Crippen molar-refractivity contribution in [3.8, 4) is 0 Å². The first-order valence-corrected chi connectivity index (χ1v) is 6.70. The number of hydrogen-bond acceptors (Lipinski definition) is 4. The minimum Gasteiger partial charge on any atom is -0.465 e. The molecule has 0 atom stereocenters. The van der Waals surface area contributed by atoms with Crippen LogP contribution in [0.25, 0.3) is 0 Å². The summed E-state index contributed by atoms with van der Waals surface area (Å²) in [5, 5.41) is 5.35. The molecule has 21 heavy (non-hydrogen) atoms. The topological polar surface area (TPSA) is 76.7 Å². The fraction of sp³-hybridized carbons (Fsp3) is 0.333. The van der Waals surface area contributed by atoms with Crippen molar-refractivity contribution < 1.29 is 19.1 Å². The summed E-state index contributed by atoms with van der Waals surface area (Å²) in [7, 11) is 1.31. The molecule has 0 radical (unpaired) electrons. The summed E-state index contributed by atoms with van der Waals surface area (Å²) < 4.78 is 9.87. The summed E-state index contributed by atoms with van der Waals surface area (Å²) in [6, 6.07) is 6.22. The van der Waals surface area contributed by atoms with Crippen molar-refractivity contribution in [2.75, 3.05) is 25.6 Å². The summed E-state index contributed by atoms with van der Waals surface area (Å²) in [5.41, 5.74) is 2.07. The monoisotopic (exact) mass is 290 g/mol. The van der Waals surface area contributed by atoms with Crippen LogP contribution in [0.3, 0.4) is 0 Å². The van der Waals surface area contributed by atoms with Gasteiger partial charge in [-0.1, -0.05) is 6.07 Å². The molecule has 1 heterocycles. The Labute approximate surface area is 123 Å². The summed E-state index contributed by atoms with van der Waals surface area (Å²) in [4.78, 5) is 23.2. The second kappa shape index (κ2) is 7.44. The lowest BCUT2D eigenvalue weighted by Crippen LogP contribution is -2.25. The van der Waals surface area contributed by atoms with Crippen LogP contribution < -0.4 is 10.6 Å². The Hall–Kier alpha value is -2.34. The van der Waals surface area contributed by atoms with E-state index in [-0.39, 0.29) is 6.03 Å². The Kier molecular flexibility index (Phi) is 5.34. The number of rotatable bonds is 3. The van der Waals surface area contributed by atoms with Crippen LogP contribution in [-0.4, -0.2) is 32.3 Å². The molecule has 0 saturated carbocycles. The van der Waals surface area contributed by atoms with E-state index >= 15 is 0 Å². The van der Waals surface area contributed by atoms with Crippen molar-refractivity contribution in [1.29, 1.82) is 0 Å². The normalized spacial score (nSPS) is 14.2. The molecular weight excluding hydrogens is 272 g/mol. The number of ether oxygens (including phenoxy) is 2. The van der Waals surface area contributed by atoms with Crippen LogP contribution in [0, 0.1) is 0 Å². The van der Waals surface area contributed by atoms with Crippen molar-refractivity contribution in [1.82, 2.24) is 5.32 Å². The zero-order chi connectivity index (χ0) is 15.1. The van der Waals surface area contributed by atoms with Gasteiger partial charge < -0.3 is 20.1 Å². The number of amides is 2. The minimum atomic E-state index is -0.441. The number of nitrogens with one attached hydrogen (secondary N) is 2. The van der Waals surface area contributed by atoms with E-state index in [1.807, 2.05) is 0 Å². The van der Waals surface area contributed by atoms with Crippen LogP contribution >= 0.6 is 0 Å². The van der Waals surface area contributed by atoms with Gasteiger partial charge in [-0.2, -0.15) is 0 Å². The molecule has 2 N–H and O–H groups in total. The Morgan fingerprint density at radius 1 is 1.29 bits per heavy atom. The first-order chi connectivity index (χ1) is 10.2. The molecular formula is C15H18N2O4. The van der Waals surface area contributed by atoms with Gasteiger partial charge in [0.15, 0.2) is 0 Å². The van der Waals surface area contributed by atoms with Crippen LogP contribution in [0.5, 0.6) is 0 Å². The molecule has 112 valence electrons. The predicted octanol–water partition coefficient (Wildman–Crippen LogP) is 2.29. The lowest BCUT2D eigenvalue weighted by molar-refractivity contribution is 0.0600. The van der Waals surface area contributed by atoms with Crippen molar-refractivity contribution in [3.05, 3.63) is 41.6 Å². The third kappa shape index (κ3) is 4.61. The van der Waals surface area contributed by atoms with Crippen molar-refractivity contribution in [2.45, 2.75) is 12.8 Å². The van der Waals surface area contributed by atoms with Crippen LogP contribution in [0.2, 0.25) is 0 Å². The third-order valence-electron chi connectivity index (χ3n) is 3.08. The molecule has 1 aliphatic heterocycles. The number of methoxy groups -OCH3 is 1. The van der Waals surface area contributed by atoms with Crippen molar-refractivity contribution >= 4 is 17.7 Å². The van der Waals surface area contributed by atoms with E-state index in [1.165, 1.54) is 7.11 Å². The first-order valence-electron chi connectivity index (χ1n) is 6.70. The second-order valence-corrected chi connectivity index (χ2v) is 4.59. The highest BCUT2D eigenvalue weighted by atomic mass is 16.5. The standard InChI is InChI=1S/C15H18N2O4/c1-20-14(18)12-3-2-4-13(9-12)17-15(19)16-10-11-5-7-21-8-6-11/h2-4,9-10H,5-8H2,1H3,(H2,16,17,19). The zero-order valence-electron chi connectivity index (χ0n) is 11.8. The van der Waals surface area contributed by atoms with Gasteiger partial charge in [-0.15, -0.1) is 0 Å². The van der Waals surface area contributed by atoms with Gasteiger partial charge >= 0.3 is 12.0 Å². The average molecular weight is 290 g/mol. The van der Waals surface area contributed by atoms with Gasteiger partial charge in [-0.25, -0.2) is 9.59 Å². The highest BCUT2D eigenvalue weighted by molar-refractivity contribution is 5.94. The molecule has 1 aromatic carbocycles. The maximum Gasteiger partial charge on any atom is 0.337 e. The summed E-state index contributed by atoms with van der Waals surface area (Å²) in [6.45, 7) is 1.38. The highest BCUT2D eigenvalue weighted by Gasteiger charge is 2.08. The molecule has 2 rings (SSSR count). The van der Waals surface area contributed by atoms with Crippen LogP contribution in [-0.2, 0) is 9.47 Å². The third-order valence-corrected chi connectivity index (χ3v) is 3.08. The van der Waals surface area contributed by atoms with Gasteiger partial charge in [0.05, 0.1) is 25.9 Å². The van der Waals surface area contributed by atoms with Crippen LogP contribution in [0.4, 0.5) is 10.5 Å². The number of carbonyl (C=O) groups excluding carboxylic acids is 2. The average Bonchev–Trinajstić information content (AvgIpc) is 2.53. The number of esters is 1. The van der Waals surface area contributed by atoms with Crippen LogP contribution in [0.1, 0.15) is 23.2 Å². The summed E-state index contributed by atoms with van der Waals surface area (Å²) in [5.74, 6) is -0.441. The van der Waals surface area contributed by atoms with E-state index in [0.717, 1.165) is 18.4 Å². The Morgan fingerprint density at radius 2 is 2.05 bits per heavy atom. The van der Waals surface area contributed by atoms with Gasteiger partial charge in [-0.3, -0.25) is 0 Å². The van der Waals surface area contributed by atoms with Crippen molar-refractivity contribution in [3.63, 3.8) is 0 Å². The molecule has 6 heteroatoms. The number of urea groups is 1. The first kappa shape index (κ1) is 15.1. The van der Waals surface area contributed by atoms with Gasteiger partial charge in [0, 0.05) is 11.9 Å². The molecule has 2 amide bonds. The van der Waals surface area contributed by atoms with Gasteiger partial charge in [0.25, 0.3) is 0 Å². The molecule has 1 aromatic rings.